The lowest BCUT2D eigenvalue weighted by atomic mass is 10.2. The smallest absolute Gasteiger partial charge is 0.282 e. The normalized spacial score (nSPS) is 18.0. The molecule has 2 amide bonds. The van der Waals surface area contributed by atoms with Crippen LogP contribution in [0.3, 0.4) is 0 Å². The summed E-state index contributed by atoms with van der Waals surface area (Å²) in [6.07, 6.45) is 1.35. The maximum atomic E-state index is 13.4. The Morgan fingerprint density at radius 1 is 1.38 bits per heavy atom. The molecule has 1 aliphatic rings. The van der Waals surface area contributed by atoms with Gasteiger partial charge in [-0.2, -0.15) is 0 Å². The molecule has 1 aromatic rings. The van der Waals surface area contributed by atoms with E-state index in [1.54, 1.807) is 6.07 Å². The third-order valence-corrected chi connectivity index (χ3v) is 3.20. The Balaban J connectivity index is 2.36. The van der Waals surface area contributed by atoms with Crippen molar-refractivity contribution in [1.82, 2.24) is 5.32 Å². The Morgan fingerprint density at radius 2 is 2.12 bits per heavy atom. The zero-order chi connectivity index (χ0) is 11.7. The molecule has 1 aliphatic heterocycles. The van der Waals surface area contributed by atoms with Crippen molar-refractivity contribution in [2.45, 2.75) is 0 Å². The first kappa shape index (κ1) is 11.3. The summed E-state index contributed by atoms with van der Waals surface area (Å²) in [7, 11) is 0. The predicted octanol–water partition coefficient (Wildman–Crippen LogP) is 2.91. The maximum Gasteiger partial charge on any atom is 0.290 e. The van der Waals surface area contributed by atoms with E-state index in [4.69, 9.17) is 0 Å². The van der Waals surface area contributed by atoms with Crippen molar-refractivity contribution in [2.75, 3.05) is 0 Å². The molecule has 0 radical (unpaired) electrons. The Hall–Kier alpha value is -1.14. The molecule has 6 heteroatoms. The molecular weight excluding hydrogens is 297 g/mol. The molecular formula is C10H5BrFNO2S. The summed E-state index contributed by atoms with van der Waals surface area (Å²) < 4.78 is 14.0. The van der Waals surface area contributed by atoms with Crippen LogP contribution in [0.1, 0.15) is 5.56 Å². The standard InChI is InChI=1S/C10H5BrFNO2S/c11-6-2-1-5(7(12)4-6)3-8-9(14)13-10(15)16-8/h1-4H,(H,13,14,15). The third kappa shape index (κ3) is 2.33. The number of imide groups is 1. The zero-order valence-electron chi connectivity index (χ0n) is 7.79. The van der Waals surface area contributed by atoms with Gasteiger partial charge in [-0.05, 0) is 30.0 Å². The number of carbonyl (C=O) groups is 2. The van der Waals surface area contributed by atoms with Crippen LogP contribution in [0.2, 0.25) is 0 Å². The summed E-state index contributed by atoms with van der Waals surface area (Å²) in [5, 5.41) is 1.67. The first-order chi connectivity index (χ1) is 7.56. The highest BCUT2D eigenvalue weighted by molar-refractivity contribution is 9.10. The van der Waals surface area contributed by atoms with Crippen LogP contribution in [-0.2, 0) is 4.79 Å². The van der Waals surface area contributed by atoms with Crippen molar-refractivity contribution in [3.63, 3.8) is 0 Å². The first-order valence-corrected chi connectivity index (χ1v) is 5.87. The van der Waals surface area contributed by atoms with Gasteiger partial charge in [0.1, 0.15) is 5.82 Å². The van der Waals surface area contributed by atoms with E-state index >= 15 is 0 Å². The van der Waals surface area contributed by atoms with Crippen LogP contribution in [-0.4, -0.2) is 11.1 Å². The van der Waals surface area contributed by atoms with E-state index in [0.717, 1.165) is 11.8 Å². The monoisotopic (exact) mass is 301 g/mol. The molecule has 0 bridgehead atoms. The summed E-state index contributed by atoms with van der Waals surface area (Å²) >= 11 is 3.90. The number of amides is 2. The fraction of sp³-hybridized carbons (Fsp3) is 0. The van der Waals surface area contributed by atoms with Crippen LogP contribution in [0.5, 0.6) is 0 Å². The van der Waals surface area contributed by atoms with E-state index in [1.807, 2.05) is 0 Å². The Kier molecular flexibility index (Phi) is 3.11. The fourth-order valence-electron chi connectivity index (χ4n) is 1.18. The van der Waals surface area contributed by atoms with Crippen molar-refractivity contribution < 1.29 is 14.0 Å². The zero-order valence-corrected chi connectivity index (χ0v) is 10.2. The van der Waals surface area contributed by atoms with Gasteiger partial charge in [0, 0.05) is 10.0 Å². The van der Waals surface area contributed by atoms with E-state index in [9.17, 15) is 14.0 Å². The van der Waals surface area contributed by atoms with Gasteiger partial charge in [0.05, 0.1) is 4.91 Å². The molecule has 16 heavy (non-hydrogen) atoms. The van der Waals surface area contributed by atoms with Gasteiger partial charge >= 0.3 is 0 Å². The third-order valence-electron chi connectivity index (χ3n) is 1.89. The topological polar surface area (TPSA) is 46.2 Å². The summed E-state index contributed by atoms with van der Waals surface area (Å²) in [6, 6.07) is 4.49. The lowest BCUT2D eigenvalue weighted by molar-refractivity contribution is -0.115. The molecule has 1 fully saturated rings. The van der Waals surface area contributed by atoms with E-state index in [-0.39, 0.29) is 10.5 Å². The number of halogens is 2. The summed E-state index contributed by atoms with van der Waals surface area (Å²) in [5.41, 5.74) is 0.274. The van der Waals surface area contributed by atoms with Crippen LogP contribution >= 0.6 is 27.7 Å². The summed E-state index contributed by atoms with van der Waals surface area (Å²) in [5.74, 6) is -0.938. The minimum absolute atomic E-state index is 0.200. The average molecular weight is 302 g/mol. The summed E-state index contributed by atoms with van der Waals surface area (Å²) in [4.78, 5) is 22.3. The molecule has 0 spiro atoms. The van der Waals surface area contributed by atoms with Crippen molar-refractivity contribution in [1.29, 1.82) is 0 Å². The van der Waals surface area contributed by atoms with Crippen molar-refractivity contribution >= 4 is 44.9 Å². The van der Waals surface area contributed by atoms with Gasteiger partial charge < -0.3 is 0 Å². The number of carbonyl (C=O) groups excluding carboxylic acids is 2. The number of benzene rings is 1. The SMILES string of the molecule is O=C1NC(=O)C(=Cc2ccc(Br)cc2F)S1. The number of hydrogen-bond acceptors (Lipinski definition) is 3. The minimum Gasteiger partial charge on any atom is -0.282 e. The Labute approximate surface area is 103 Å². The lowest BCUT2D eigenvalue weighted by Gasteiger charge is -1.98. The van der Waals surface area contributed by atoms with Crippen LogP contribution < -0.4 is 5.32 Å². The highest BCUT2D eigenvalue weighted by Crippen LogP contribution is 2.27. The van der Waals surface area contributed by atoms with Crippen molar-refractivity contribution in [3.05, 3.63) is 39.0 Å². The first-order valence-electron chi connectivity index (χ1n) is 4.26. The molecule has 1 heterocycles. The molecule has 0 unspecified atom stereocenters. The van der Waals surface area contributed by atoms with Crippen LogP contribution in [0, 0.1) is 5.82 Å². The van der Waals surface area contributed by atoms with Gasteiger partial charge in [0.15, 0.2) is 0 Å². The Morgan fingerprint density at radius 3 is 2.69 bits per heavy atom. The minimum atomic E-state index is -0.489. The summed E-state index contributed by atoms with van der Waals surface area (Å²) in [6.45, 7) is 0. The van der Waals surface area contributed by atoms with Gasteiger partial charge in [-0.15, -0.1) is 0 Å². The van der Waals surface area contributed by atoms with E-state index in [2.05, 4.69) is 21.2 Å². The molecule has 0 aromatic heterocycles. The second-order valence-corrected chi connectivity index (χ2v) is 4.95. The lowest BCUT2D eigenvalue weighted by Crippen LogP contribution is -2.17. The molecule has 1 aromatic carbocycles. The molecule has 2 rings (SSSR count). The van der Waals surface area contributed by atoms with Gasteiger partial charge in [0.2, 0.25) is 0 Å². The quantitative estimate of drug-likeness (QED) is 0.811. The van der Waals surface area contributed by atoms with Crippen LogP contribution in [0.25, 0.3) is 6.08 Å². The molecule has 0 saturated carbocycles. The molecule has 1 N–H and O–H groups in total. The second kappa shape index (κ2) is 4.39. The fourth-order valence-corrected chi connectivity index (χ4v) is 2.19. The van der Waals surface area contributed by atoms with E-state index in [1.165, 1.54) is 18.2 Å². The maximum absolute atomic E-state index is 13.4. The largest absolute Gasteiger partial charge is 0.290 e. The van der Waals surface area contributed by atoms with Crippen molar-refractivity contribution in [3.8, 4) is 0 Å². The number of rotatable bonds is 1. The van der Waals surface area contributed by atoms with Crippen LogP contribution in [0.15, 0.2) is 27.6 Å². The van der Waals surface area contributed by atoms with Crippen LogP contribution in [0.4, 0.5) is 9.18 Å². The van der Waals surface area contributed by atoms with Crippen molar-refractivity contribution in [2.24, 2.45) is 0 Å². The van der Waals surface area contributed by atoms with E-state index < -0.39 is 17.0 Å². The number of thioether (sulfide) groups is 1. The molecule has 82 valence electrons. The molecule has 0 atom stereocenters. The van der Waals surface area contributed by atoms with Gasteiger partial charge in [-0.1, -0.05) is 22.0 Å². The number of nitrogens with one attached hydrogen (secondary N) is 1. The predicted molar refractivity (Wildman–Crippen MR) is 63.2 cm³/mol. The van der Waals surface area contributed by atoms with E-state index in [0.29, 0.717) is 4.47 Å². The average Bonchev–Trinajstić information content (AvgIpc) is 2.50. The van der Waals surface area contributed by atoms with Gasteiger partial charge in [-0.3, -0.25) is 14.9 Å². The van der Waals surface area contributed by atoms with Gasteiger partial charge in [-0.25, -0.2) is 4.39 Å². The second-order valence-electron chi connectivity index (χ2n) is 3.02. The molecule has 1 saturated heterocycles. The highest BCUT2D eigenvalue weighted by atomic mass is 79.9. The molecule has 3 nitrogen and oxygen atoms in total. The highest BCUT2D eigenvalue weighted by Gasteiger charge is 2.25. The number of hydrogen-bond donors (Lipinski definition) is 1. The van der Waals surface area contributed by atoms with Gasteiger partial charge in [0.25, 0.3) is 11.1 Å². The Bertz CT molecular complexity index is 516. The molecule has 0 aliphatic carbocycles.